The number of ether oxygens (including phenoxy) is 2. The van der Waals surface area contributed by atoms with Crippen LogP contribution in [0.15, 0.2) is 24.3 Å². The lowest BCUT2D eigenvalue weighted by Gasteiger charge is -2.21. The monoisotopic (exact) mass is 290 g/mol. The van der Waals surface area contributed by atoms with Crippen LogP contribution in [-0.4, -0.2) is 31.6 Å². The minimum Gasteiger partial charge on any atom is -0.355 e. The quantitative estimate of drug-likeness (QED) is 0.877. The molecule has 0 bridgehead atoms. The molecule has 6 heteroatoms. The van der Waals surface area contributed by atoms with Crippen LogP contribution in [0.2, 0.25) is 0 Å². The molecule has 2 saturated heterocycles. The van der Waals surface area contributed by atoms with Crippen molar-refractivity contribution in [1.29, 1.82) is 0 Å². The number of nitrogens with one attached hydrogen (secondary N) is 2. The van der Waals surface area contributed by atoms with Gasteiger partial charge in [-0.1, -0.05) is 12.1 Å². The smallest absolute Gasteiger partial charge is 0.229 e. The van der Waals surface area contributed by atoms with Gasteiger partial charge in [-0.3, -0.25) is 9.59 Å². The summed E-state index contributed by atoms with van der Waals surface area (Å²) in [5.74, 6) is -0.208. The van der Waals surface area contributed by atoms with E-state index in [-0.39, 0.29) is 24.0 Å². The minimum absolute atomic E-state index is 0.0139. The molecule has 1 unspecified atom stereocenters. The van der Waals surface area contributed by atoms with Gasteiger partial charge in [0.05, 0.1) is 19.1 Å². The van der Waals surface area contributed by atoms with Crippen LogP contribution >= 0.6 is 0 Å². The van der Waals surface area contributed by atoms with Crippen LogP contribution < -0.4 is 10.6 Å². The van der Waals surface area contributed by atoms with Gasteiger partial charge >= 0.3 is 0 Å². The van der Waals surface area contributed by atoms with Gasteiger partial charge in [0.2, 0.25) is 11.8 Å². The molecular weight excluding hydrogens is 272 g/mol. The molecular formula is C15H18N2O4. The molecule has 0 spiro atoms. The molecule has 0 aromatic heterocycles. The molecule has 0 aliphatic carbocycles. The number of benzene rings is 1. The van der Waals surface area contributed by atoms with E-state index in [4.69, 9.17) is 9.47 Å². The fourth-order valence-electron chi connectivity index (χ4n) is 2.48. The van der Waals surface area contributed by atoms with Crippen molar-refractivity contribution in [1.82, 2.24) is 5.32 Å². The first-order chi connectivity index (χ1) is 10.2. The average molecular weight is 290 g/mol. The average Bonchev–Trinajstić information content (AvgIpc) is 3.03. The van der Waals surface area contributed by atoms with Gasteiger partial charge in [0, 0.05) is 24.2 Å². The molecule has 112 valence electrons. The van der Waals surface area contributed by atoms with E-state index in [1.54, 1.807) is 0 Å². The Hall–Kier alpha value is -1.92. The first kappa shape index (κ1) is 14.0. The lowest BCUT2D eigenvalue weighted by Crippen LogP contribution is -2.40. The van der Waals surface area contributed by atoms with Gasteiger partial charge in [-0.05, 0) is 18.6 Å². The van der Waals surface area contributed by atoms with Crippen LogP contribution in [0.5, 0.6) is 0 Å². The zero-order valence-electron chi connectivity index (χ0n) is 11.6. The maximum Gasteiger partial charge on any atom is 0.229 e. The highest BCUT2D eigenvalue weighted by Crippen LogP contribution is 2.24. The van der Waals surface area contributed by atoms with Crippen molar-refractivity contribution in [2.45, 2.75) is 19.1 Å². The summed E-state index contributed by atoms with van der Waals surface area (Å²) in [6, 6.07) is 7.43. The Morgan fingerprint density at radius 1 is 1.19 bits per heavy atom. The van der Waals surface area contributed by atoms with E-state index in [0.29, 0.717) is 32.6 Å². The second-order valence-electron chi connectivity index (χ2n) is 5.22. The molecule has 1 atom stereocenters. The number of anilines is 1. The van der Waals surface area contributed by atoms with Gasteiger partial charge in [-0.25, -0.2) is 0 Å². The molecule has 1 aromatic rings. The molecule has 2 heterocycles. The van der Waals surface area contributed by atoms with E-state index < -0.39 is 0 Å². The van der Waals surface area contributed by atoms with E-state index in [0.717, 1.165) is 11.3 Å². The Morgan fingerprint density at radius 3 is 2.52 bits per heavy atom. The number of hydrogen-bond acceptors (Lipinski definition) is 4. The topological polar surface area (TPSA) is 76.7 Å². The number of carbonyl (C=O) groups excluding carboxylic acids is 2. The van der Waals surface area contributed by atoms with Gasteiger partial charge in [-0.2, -0.15) is 0 Å². The number of amides is 2. The van der Waals surface area contributed by atoms with Gasteiger partial charge in [-0.15, -0.1) is 0 Å². The maximum atomic E-state index is 12.1. The standard InChI is InChI=1S/C15H18N2O4/c18-13-6-3-11(9-16-13)14(19)17-12-4-1-10(2-5-12)15-20-7-8-21-15/h1-2,4-5,11,15H,3,6-9H2,(H,16,18)(H,17,19). The normalized spacial score (nSPS) is 22.9. The summed E-state index contributed by atoms with van der Waals surface area (Å²) in [5.41, 5.74) is 1.68. The fourth-order valence-corrected chi connectivity index (χ4v) is 2.48. The number of piperidine rings is 1. The molecule has 2 fully saturated rings. The number of rotatable bonds is 3. The highest BCUT2D eigenvalue weighted by Gasteiger charge is 2.24. The van der Waals surface area contributed by atoms with Crippen LogP contribution in [-0.2, 0) is 19.1 Å². The van der Waals surface area contributed by atoms with Crippen molar-refractivity contribution in [2.75, 3.05) is 25.1 Å². The molecule has 0 saturated carbocycles. The molecule has 2 N–H and O–H groups in total. The second kappa shape index (κ2) is 6.24. The largest absolute Gasteiger partial charge is 0.355 e. The Balaban J connectivity index is 1.57. The van der Waals surface area contributed by atoms with Gasteiger partial charge in [0.15, 0.2) is 6.29 Å². The fraction of sp³-hybridized carbons (Fsp3) is 0.467. The Bertz CT molecular complexity index is 513. The van der Waals surface area contributed by atoms with Gasteiger partial charge < -0.3 is 20.1 Å². The summed E-state index contributed by atoms with van der Waals surface area (Å²) in [6.45, 7) is 1.62. The molecule has 2 aliphatic heterocycles. The van der Waals surface area contributed by atoms with E-state index in [2.05, 4.69) is 10.6 Å². The first-order valence-corrected chi connectivity index (χ1v) is 7.13. The van der Waals surface area contributed by atoms with Crippen molar-refractivity contribution >= 4 is 17.5 Å². The van der Waals surface area contributed by atoms with Gasteiger partial charge in [0.1, 0.15) is 0 Å². The number of hydrogen-bond donors (Lipinski definition) is 2. The summed E-state index contributed by atoms with van der Waals surface area (Å²) >= 11 is 0. The van der Waals surface area contributed by atoms with Crippen LogP contribution in [0.25, 0.3) is 0 Å². The number of carbonyl (C=O) groups is 2. The zero-order valence-corrected chi connectivity index (χ0v) is 11.6. The van der Waals surface area contributed by atoms with Crippen molar-refractivity contribution in [3.63, 3.8) is 0 Å². The third-order valence-electron chi connectivity index (χ3n) is 3.71. The SMILES string of the molecule is O=C1CCC(C(=O)Nc2ccc(C3OCCO3)cc2)CN1. The van der Waals surface area contributed by atoms with Crippen LogP contribution in [0.4, 0.5) is 5.69 Å². The lowest BCUT2D eigenvalue weighted by molar-refractivity contribution is -0.126. The predicted octanol–water partition coefficient (Wildman–Crippen LogP) is 1.20. The highest BCUT2D eigenvalue weighted by molar-refractivity contribution is 5.94. The third-order valence-corrected chi connectivity index (χ3v) is 3.71. The second-order valence-corrected chi connectivity index (χ2v) is 5.22. The van der Waals surface area contributed by atoms with E-state index in [1.165, 1.54) is 0 Å². The third kappa shape index (κ3) is 3.40. The van der Waals surface area contributed by atoms with Crippen molar-refractivity contribution in [2.24, 2.45) is 5.92 Å². The Morgan fingerprint density at radius 2 is 1.90 bits per heavy atom. The minimum atomic E-state index is -0.302. The highest BCUT2D eigenvalue weighted by atomic mass is 16.7. The summed E-state index contributed by atoms with van der Waals surface area (Å²) in [5, 5.41) is 5.58. The Kier molecular flexibility index (Phi) is 4.17. The summed E-state index contributed by atoms with van der Waals surface area (Å²) in [6.07, 6.45) is 0.704. The molecule has 2 amide bonds. The predicted molar refractivity (Wildman–Crippen MR) is 75.5 cm³/mol. The van der Waals surface area contributed by atoms with Crippen molar-refractivity contribution < 1.29 is 19.1 Å². The lowest BCUT2D eigenvalue weighted by atomic mass is 9.98. The molecule has 2 aliphatic rings. The van der Waals surface area contributed by atoms with Crippen molar-refractivity contribution in [3.8, 4) is 0 Å². The summed E-state index contributed by atoms with van der Waals surface area (Å²) in [4.78, 5) is 23.2. The molecule has 6 nitrogen and oxygen atoms in total. The maximum absolute atomic E-state index is 12.1. The van der Waals surface area contributed by atoms with E-state index in [1.807, 2.05) is 24.3 Å². The van der Waals surface area contributed by atoms with E-state index in [9.17, 15) is 9.59 Å². The van der Waals surface area contributed by atoms with Crippen LogP contribution in [0.3, 0.4) is 0 Å². The van der Waals surface area contributed by atoms with E-state index >= 15 is 0 Å². The Labute approximate surface area is 122 Å². The molecule has 0 radical (unpaired) electrons. The van der Waals surface area contributed by atoms with Gasteiger partial charge in [0.25, 0.3) is 0 Å². The molecule has 1 aromatic carbocycles. The zero-order chi connectivity index (χ0) is 14.7. The van der Waals surface area contributed by atoms with Crippen LogP contribution in [0.1, 0.15) is 24.7 Å². The summed E-state index contributed by atoms with van der Waals surface area (Å²) in [7, 11) is 0. The van der Waals surface area contributed by atoms with Crippen LogP contribution in [0, 0.1) is 5.92 Å². The summed E-state index contributed by atoms with van der Waals surface area (Å²) < 4.78 is 10.8. The molecule has 21 heavy (non-hydrogen) atoms. The van der Waals surface area contributed by atoms with Crippen molar-refractivity contribution in [3.05, 3.63) is 29.8 Å². The first-order valence-electron chi connectivity index (χ1n) is 7.13. The molecule has 3 rings (SSSR count).